The molecule has 1 heterocycles. The van der Waals surface area contributed by atoms with Gasteiger partial charge in [-0.25, -0.2) is 12.7 Å². The van der Waals surface area contributed by atoms with Gasteiger partial charge in [0.15, 0.2) is 0 Å². The number of hydrogen-bond acceptors (Lipinski definition) is 5. The van der Waals surface area contributed by atoms with E-state index in [0.29, 0.717) is 18.8 Å². The lowest BCUT2D eigenvalue weighted by Gasteiger charge is -2.22. The Hall–Kier alpha value is -1.38. The molecular weight excluding hydrogens is 294 g/mol. The zero-order chi connectivity index (χ0) is 16.3. The van der Waals surface area contributed by atoms with E-state index in [9.17, 15) is 13.2 Å². The highest BCUT2D eigenvalue weighted by Crippen LogP contribution is 2.17. The Morgan fingerprint density at radius 3 is 2.48 bits per heavy atom. The minimum Gasteiger partial charge on any atom is -0.447 e. The van der Waals surface area contributed by atoms with Crippen molar-refractivity contribution in [2.45, 2.75) is 25.5 Å². The first-order chi connectivity index (χ1) is 9.61. The number of furan rings is 1. The van der Waals surface area contributed by atoms with Crippen LogP contribution in [0.1, 0.15) is 19.6 Å². The molecule has 1 aromatic rings. The molecule has 0 aromatic carbocycles. The molecule has 2 N–H and O–H groups in total. The van der Waals surface area contributed by atoms with Gasteiger partial charge in [-0.1, -0.05) is 0 Å². The van der Waals surface area contributed by atoms with Gasteiger partial charge in [0.2, 0.25) is 11.0 Å². The first kappa shape index (κ1) is 17.7. The molecule has 8 heteroatoms. The lowest BCUT2D eigenvalue weighted by molar-refractivity contribution is -0.128. The molecule has 0 radical (unpaired) electrons. The first-order valence-electron chi connectivity index (χ1n) is 6.55. The van der Waals surface area contributed by atoms with E-state index in [1.807, 2.05) is 13.8 Å². The lowest BCUT2D eigenvalue weighted by atomic mass is 9.92. The Morgan fingerprint density at radius 1 is 1.33 bits per heavy atom. The minimum absolute atomic E-state index is 0.0645. The SMILES string of the molecule is CNC(=O)C(C)(C)CNCc1ccc(S(=O)(=O)N(C)C)o1. The van der Waals surface area contributed by atoms with Crippen molar-refractivity contribution in [3.05, 3.63) is 17.9 Å². The molecule has 0 saturated carbocycles. The summed E-state index contributed by atoms with van der Waals surface area (Å²) in [5.74, 6) is 0.438. The van der Waals surface area contributed by atoms with Crippen molar-refractivity contribution in [2.75, 3.05) is 27.7 Å². The van der Waals surface area contributed by atoms with Crippen molar-refractivity contribution in [1.29, 1.82) is 0 Å². The fourth-order valence-corrected chi connectivity index (χ4v) is 2.50. The van der Waals surface area contributed by atoms with Crippen molar-refractivity contribution in [3.63, 3.8) is 0 Å². The molecule has 1 aromatic heterocycles. The summed E-state index contributed by atoms with van der Waals surface area (Å²) in [6.07, 6.45) is 0. The maximum atomic E-state index is 11.9. The fourth-order valence-electron chi connectivity index (χ4n) is 1.69. The van der Waals surface area contributed by atoms with Gasteiger partial charge in [-0.2, -0.15) is 0 Å². The summed E-state index contributed by atoms with van der Waals surface area (Å²) in [5, 5.41) is 5.60. The highest BCUT2D eigenvalue weighted by molar-refractivity contribution is 7.88. The van der Waals surface area contributed by atoms with Crippen LogP contribution >= 0.6 is 0 Å². The average molecular weight is 317 g/mol. The summed E-state index contributed by atoms with van der Waals surface area (Å²) in [7, 11) is 0.932. The second-order valence-electron chi connectivity index (χ2n) is 5.57. The first-order valence-corrected chi connectivity index (χ1v) is 7.99. The van der Waals surface area contributed by atoms with Crippen LogP contribution < -0.4 is 10.6 Å². The molecular formula is C13H23N3O4S. The van der Waals surface area contributed by atoms with Crippen molar-refractivity contribution in [3.8, 4) is 0 Å². The molecule has 0 atom stereocenters. The molecule has 0 aliphatic heterocycles. The number of carbonyl (C=O) groups excluding carboxylic acids is 1. The molecule has 120 valence electrons. The van der Waals surface area contributed by atoms with E-state index in [1.165, 1.54) is 20.2 Å². The highest BCUT2D eigenvalue weighted by Gasteiger charge is 2.26. The van der Waals surface area contributed by atoms with Gasteiger partial charge >= 0.3 is 0 Å². The maximum Gasteiger partial charge on any atom is 0.275 e. The molecule has 0 spiro atoms. The summed E-state index contributed by atoms with van der Waals surface area (Å²) < 4.78 is 30.1. The van der Waals surface area contributed by atoms with Gasteiger partial charge in [0.1, 0.15) is 5.76 Å². The molecule has 1 rings (SSSR count). The van der Waals surface area contributed by atoms with E-state index in [4.69, 9.17) is 4.42 Å². The summed E-state index contributed by atoms with van der Waals surface area (Å²) in [6, 6.07) is 3.03. The van der Waals surface area contributed by atoms with Gasteiger partial charge < -0.3 is 15.1 Å². The zero-order valence-corrected chi connectivity index (χ0v) is 13.9. The van der Waals surface area contributed by atoms with E-state index in [2.05, 4.69) is 10.6 Å². The maximum absolute atomic E-state index is 11.9. The molecule has 0 bridgehead atoms. The number of nitrogens with zero attached hydrogens (tertiary/aromatic N) is 1. The van der Waals surface area contributed by atoms with Gasteiger partial charge in [0, 0.05) is 27.7 Å². The number of nitrogens with one attached hydrogen (secondary N) is 2. The quantitative estimate of drug-likeness (QED) is 0.759. The second-order valence-corrected chi connectivity index (χ2v) is 7.66. The summed E-state index contributed by atoms with van der Waals surface area (Å²) in [4.78, 5) is 11.6. The summed E-state index contributed by atoms with van der Waals surface area (Å²) >= 11 is 0. The second kappa shape index (κ2) is 6.59. The van der Waals surface area contributed by atoms with Crippen LogP contribution in [0.5, 0.6) is 0 Å². The van der Waals surface area contributed by atoms with E-state index in [1.54, 1.807) is 13.1 Å². The van der Waals surface area contributed by atoms with Gasteiger partial charge in [-0.15, -0.1) is 0 Å². The van der Waals surface area contributed by atoms with Crippen LogP contribution in [0.25, 0.3) is 0 Å². The minimum atomic E-state index is -3.55. The van der Waals surface area contributed by atoms with Crippen LogP contribution in [0, 0.1) is 5.41 Å². The third kappa shape index (κ3) is 4.29. The van der Waals surface area contributed by atoms with Gasteiger partial charge in [0.05, 0.1) is 12.0 Å². The van der Waals surface area contributed by atoms with Crippen molar-refractivity contribution in [2.24, 2.45) is 5.41 Å². The molecule has 0 aliphatic rings. The third-order valence-corrected chi connectivity index (χ3v) is 4.77. The van der Waals surface area contributed by atoms with Crippen LogP contribution in [-0.4, -0.2) is 46.3 Å². The zero-order valence-electron chi connectivity index (χ0n) is 13.1. The highest BCUT2D eigenvalue weighted by atomic mass is 32.2. The number of hydrogen-bond donors (Lipinski definition) is 2. The molecule has 0 fully saturated rings. The van der Waals surface area contributed by atoms with Crippen molar-refractivity contribution in [1.82, 2.24) is 14.9 Å². The summed E-state index contributed by atoms with van der Waals surface area (Å²) in [6.45, 7) is 4.44. The Balaban J connectivity index is 2.63. The summed E-state index contributed by atoms with van der Waals surface area (Å²) in [5.41, 5.74) is -0.556. The van der Waals surface area contributed by atoms with Gasteiger partial charge in [-0.3, -0.25) is 4.79 Å². The van der Waals surface area contributed by atoms with E-state index >= 15 is 0 Å². The van der Waals surface area contributed by atoms with Crippen LogP contribution in [0.2, 0.25) is 0 Å². The van der Waals surface area contributed by atoms with Gasteiger partial charge in [0.25, 0.3) is 10.0 Å². The number of amides is 1. The normalized spacial score (nSPS) is 12.7. The van der Waals surface area contributed by atoms with Crippen LogP contribution in [0.4, 0.5) is 0 Å². The fraction of sp³-hybridized carbons (Fsp3) is 0.615. The average Bonchev–Trinajstić information content (AvgIpc) is 2.86. The molecule has 0 unspecified atom stereocenters. The largest absolute Gasteiger partial charge is 0.447 e. The molecule has 21 heavy (non-hydrogen) atoms. The van der Waals surface area contributed by atoms with Crippen molar-refractivity contribution >= 4 is 15.9 Å². The van der Waals surface area contributed by atoms with Crippen LogP contribution in [0.3, 0.4) is 0 Å². The standard InChI is InChI=1S/C13H23N3O4S/c1-13(2,12(17)14-3)9-15-8-10-6-7-11(20-10)21(18,19)16(4)5/h6-7,15H,8-9H2,1-5H3,(H,14,17). The van der Waals surface area contributed by atoms with E-state index < -0.39 is 15.4 Å². The van der Waals surface area contributed by atoms with Crippen LogP contribution in [-0.2, 0) is 21.4 Å². The van der Waals surface area contributed by atoms with E-state index in [-0.39, 0.29) is 11.0 Å². The number of carbonyl (C=O) groups is 1. The monoisotopic (exact) mass is 317 g/mol. The predicted octanol–water partition coefficient (Wildman–Crippen LogP) is 0.392. The Morgan fingerprint density at radius 2 is 1.95 bits per heavy atom. The number of sulfonamides is 1. The Labute approximate surface area is 125 Å². The lowest BCUT2D eigenvalue weighted by Crippen LogP contribution is -2.41. The van der Waals surface area contributed by atoms with Crippen molar-refractivity contribution < 1.29 is 17.6 Å². The van der Waals surface area contributed by atoms with E-state index in [0.717, 1.165) is 4.31 Å². The number of rotatable bonds is 7. The topological polar surface area (TPSA) is 91.7 Å². The molecule has 1 amide bonds. The molecule has 0 aliphatic carbocycles. The smallest absolute Gasteiger partial charge is 0.275 e. The predicted molar refractivity (Wildman–Crippen MR) is 79.1 cm³/mol. The molecule has 0 saturated heterocycles. The Kier molecular flexibility index (Phi) is 5.54. The van der Waals surface area contributed by atoms with Gasteiger partial charge in [-0.05, 0) is 26.0 Å². The molecule has 7 nitrogen and oxygen atoms in total. The third-order valence-electron chi connectivity index (χ3n) is 3.08. The van der Waals surface area contributed by atoms with Crippen LogP contribution in [0.15, 0.2) is 21.6 Å². The Bertz CT molecular complexity index is 590.